The molecule has 0 bridgehead atoms. The van der Waals surface area contributed by atoms with Gasteiger partial charge < -0.3 is 14.0 Å². The largest absolute Gasteiger partial charge is 0.497 e. The van der Waals surface area contributed by atoms with Crippen molar-refractivity contribution in [2.75, 3.05) is 7.11 Å². The van der Waals surface area contributed by atoms with Crippen LogP contribution in [0, 0.1) is 12.9 Å². The van der Waals surface area contributed by atoms with Crippen LogP contribution in [0.4, 0.5) is 4.39 Å². The number of nitrogens with zero attached hydrogens (tertiary/aromatic N) is 2. The Bertz CT molecular complexity index is 1090. The highest BCUT2D eigenvalue weighted by molar-refractivity contribution is 5.86. The lowest BCUT2D eigenvalue weighted by molar-refractivity contribution is 0.414. The molecule has 0 fully saturated rings. The van der Waals surface area contributed by atoms with Gasteiger partial charge in [-0.3, -0.25) is 0 Å². The lowest BCUT2D eigenvalue weighted by Crippen LogP contribution is -2.03. The average molecular weight is 362 g/mol. The number of hydrogen-bond acceptors (Lipinski definition) is 3. The molecule has 4 aromatic rings. The lowest BCUT2D eigenvalue weighted by Gasteiger charge is -2.10. The fraction of sp³-hybridized carbons (Fsp3) is 0.136. The predicted octanol–water partition coefficient (Wildman–Crippen LogP) is 5.33. The van der Waals surface area contributed by atoms with Gasteiger partial charge in [-0.15, -0.1) is 0 Å². The van der Waals surface area contributed by atoms with Crippen molar-refractivity contribution in [3.05, 3.63) is 83.9 Å². The summed E-state index contributed by atoms with van der Waals surface area (Å²) in [5.74, 6) is 1.68. The third kappa shape index (κ3) is 3.36. The molecule has 0 spiro atoms. The molecule has 0 aliphatic carbocycles. The SMILES string of the molecule is COc1cccc(Cn2c(C)c(Oc3ccccc3)c3ccc(F)nc32)c1. The molecular weight excluding hydrogens is 343 g/mol. The zero-order valence-electron chi connectivity index (χ0n) is 15.1. The number of rotatable bonds is 5. The van der Waals surface area contributed by atoms with Crippen LogP contribution in [0.1, 0.15) is 11.3 Å². The molecule has 0 amide bonds. The number of benzene rings is 2. The third-order valence-corrected chi connectivity index (χ3v) is 4.51. The second-order valence-electron chi connectivity index (χ2n) is 6.27. The van der Waals surface area contributed by atoms with Gasteiger partial charge in [-0.2, -0.15) is 4.39 Å². The van der Waals surface area contributed by atoms with Gasteiger partial charge in [-0.1, -0.05) is 30.3 Å². The number of aromatic nitrogens is 2. The van der Waals surface area contributed by atoms with Crippen LogP contribution in [-0.4, -0.2) is 16.7 Å². The summed E-state index contributed by atoms with van der Waals surface area (Å²) in [5.41, 5.74) is 2.47. The standard InChI is InChI=1S/C22H19FN2O2/c1-15-21(27-17-8-4-3-5-9-17)19-11-12-20(23)24-22(19)25(15)14-16-7-6-10-18(13-16)26-2/h3-13H,14H2,1-2H3. The molecule has 4 nitrogen and oxygen atoms in total. The van der Waals surface area contributed by atoms with Crippen LogP contribution in [0.5, 0.6) is 17.2 Å². The van der Waals surface area contributed by atoms with Crippen molar-refractivity contribution >= 4 is 11.0 Å². The van der Waals surface area contributed by atoms with Crippen LogP contribution < -0.4 is 9.47 Å². The van der Waals surface area contributed by atoms with E-state index in [1.165, 1.54) is 6.07 Å². The summed E-state index contributed by atoms with van der Waals surface area (Å²) in [5, 5.41) is 0.778. The van der Waals surface area contributed by atoms with Gasteiger partial charge in [0, 0.05) is 6.54 Å². The number of hydrogen-bond donors (Lipinski definition) is 0. The Morgan fingerprint density at radius 3 is 2.52 bits per heavy atom. The van der Waals surface area contributed by atoms with Crippen LogP contribution >= 0.6 is 0 Å². The maximum absolute atomic E-state index is 13.9. The van der Waals surface area contributed by atoms with Crippen molar-refractivity contribution in [2.45, 2.75) is 13.5 Å². The maximum Gasteiger partial charge on any atom is 0.214 e. The molecule has 0 radical (unpaired) electrons. The van der Waals surface area contributed by atoms with E-state index in [2.05, 4.69) is 4.98 Å². The van der Waals surface area contributed by atoms with Crippen molar-refractivity contribution < 1.29 is 13.9 Å². The van der Waals surface area contributed by atoms with Gasteiger partial charge in [0.15, 0.2) is 5.75 Å². The molecule has 2 aromatic carbocycles. The first kappa shape index (κ1) is 17.1. The number of methoxy groups -OCH3 is 1. The van der Waals surface area contributed by atoms with Crippen LogP contribution in [0.25, 0.3) is 11.0 Å². The van der Waals surface area contributed by atoms with Gasteiger partial charge in [-0.25, -0.2) is 4.98 Å². The molecule has 27 heavy (non-hydrogen) atoms. The van der Waals surface area contributed by atoms with Gasteiger partial charge in [0.1, 0.15) is 17.1 Å². The highest BCUT2D eigenvalue weighted by atomic mass is 19.1. The fourth-order valence-corrected chi connectivity index (χ4v) is 3.17. The van der Waals surface area contributed by atoms with Crippen molar-refractivity contribution in [1.29, 1.82) is 0 Å². The van der Waals surface area contributed by atoms with Crippen LogP contribution in [-0.2, 0) is 6.54 Å². The second-order valence-corrected chi connectivity index (χ2v) is 6.27. The molecule has 0 saturated carbocycles. The topological polar surface area (TPSA) is 36.3 Å². The average Bonchev–Trinajstić information content (AvgIpc) is 2.94. The maximum atomic E-state index is 13.9. The molecule has 0 saturated heterocycles. The van der Waals surface area contributed by atoms with Gasteiger partial charge in [0.25, 0.3) is 0 Å². The van der Waals surface area contributed by atoms with E-state index >= 15 is 0 Å². The van der Waals surface area contributed by atoms with E-state index in [1.807, 2.05) is 66.1 Å². The molecule has 2 aromatic heterocycles. The Morgan fingerprint density at radius 2 is 1.74 bits per heavy atom. The highest BCUT2D eigenvalue weighted by Gasteiger charge is 2.18. The van der Waals surface area contributed by atoms with Crippen LogP contribution in [0.15, 0.2) is 66.7 Å². The van der Waals surface area contributed by atoms with E-state index in [-0.39, 0.29) is 0 Å². The molecule has 0 N–H and O–H groups in total. The Labute approximate surface area is 156 Å². The fourth-order valence-electron chi connectivity index (χ4n) is 3.17. The molecular formula is C22H19FN2O2. The molecule has 0 unspecified atom stereocenters. The molecule has 136 valence electrons. The summed E-state index contributed by atoms with van der Waals surface area (Å²) < 4.78 is 27.2. The van der Waals surface area contributed by atoms with E-state index in [0.717, 1.165) is 28.1 Å². The highest BCUT2D eigenvalue weighted by Crippen LogP contribution is 2.36. The van der Waals surface area contributed by atoms with E-state index in [9.17, 15) is 4.39 Å². The van der Waals surface area contributed by atoms with E-state index in [0.29, 0.717) is 17.9 Å². The normalized spacial score (nSPS) is 10.9. The van der Waals surface area contributed by atoms with E-state index < -0.39 is 5.95 Å². The number of halogens is 1. The summed E-state index contributed by atoms with van der Waals surface area (Å²) in [7, 11) is 1.64. The number of pyridine rings is 1. The van der Waals surface area contributed by atoms with Gasteiger partial charge in [0.2, 0.25) is 5.95 Å². The summed E-state index contributed by atoms with van der Waals surface area (Å²) in [6.45, 7) is 2.49. The van der Waals surface area contributed by atoms with Crippen molar-refractivity contribution in [2.24, 2.45) is 0 Å². The quantitative estimate of drug-likeness (QED) is 0.450. The molecule has 5 heteroatoms. The van der Waals surface area contributed by atoms with E-state index in [4.69, 9.17) is 9.47 Å². The first-order chi connectivity index (χ1) is 13.2. The van der Waals surface area contributed by atoms with Gasteiger partial charge in [0.05, 0.1) is 18.2 Å². The van der Waals surface area contributed by atoms with Crippen molar-refractivity contribution in [3.63, 3.8) is 0 Å². The predicted molar refractivity (Wildman–Crippen MR) is 103 cm³/mol. The number of para-hydroxylation sites is 1. The minimum atomic E-state index is -0.516. The van der Waals surface area contributed by atoms with Crippen molar-refractivity contribution in [3.8, 4) is 17.2 Å². The zero-order valence-corrected chi connectivity index (χ0v) is 15.1. The zero-order chi connectivity index (χ0) is 18.8. The minimum Gasteiger partial charge on any atom is -0.497 e. The summed E-state index contributed by atoms with van der Waals surface area (Å²) >= 11 is 0. The van der Waals surface area contributed by atoms with Gasteiger partial charge >= 0.3 is 0 Å². The number of ether oxygens (including phenoxy) is 2. The Hall–Kier alpha value is -3.34. The van der Waals surface area contributed by atoms with Crippen LogP contribution in [0.3, 0.4) is 0 Å². The van der Waals surface area contributed by atoms with Crippen molar-refractivity contribution in [1.82, 2.24) is 9.55 Å². The Kier molecular flexibility index (Phi) is 4.50. The lowest BCUT2D eigenvalue weighted by atomic mass is 10.2. The second kappa shape index (κ2) is 7.11. The minimum absolute atomic E-state index is 0.516. The Balaban J connectivity index is 1.82. The first-order valence-electron chi connectivity index (χ1n) is 8.67. The molecule has 2 heterocycles. The van der Waals surface area contributed by atoms with Gasteiger partial charge in [-0.05, 0) is 48.9 Å². The third-order valence-electron chi connectivity index (χ3n) is 4.51. The Morgan fingerprint density at radius 1 is 0.963 bits per heavy atom. The summed E-state index contributed by atoms with van der Waals surface area (Å²) in [6, 6.07) is 20.4. The molecule has 4 rings (SSSR count). The smallest absolute Gasteiger partial charge is 0.214 e. The molecule has 0 aliphatic heterocycles. The molecule has 0 aliphatic rings. The monoisotopic (exact) mass is 362 g/mol. The first-order valence-corrected chi connectivity index (χ1v) is 8.67. The van der Waals surface area contributed by atoms with E-state index in [1.54, 1.807) is 13.2 Å². The summed E-state index contributed by atoms with van der Waals surface area (Å²) in [6.07, 6.45) is 0. The summed E-state index contributed by atoms with van der Waals surface area (Å²) in [4.78, 5) is 4.12. The van der Waals surface area contributed by atoms with Crippen LogP contribution in [0.2, 0.25) is 0 Å². The number of fused-ring (bicyclic) bond motifs is 1. The molecule has 0 atom stereocenters.